The molecule has 1 unspecified atom stereocenters. The van der Waals surface area contributed by atoms with Crippen LogP contribution in [0.4, 0.5) is 5.82 Å². The summed E-state index contributed by atoms with van der Waals surface area (Å²) in [5.41, 5.74) is 3.32. The summed E-state index contributed by atoms with van der Waals surface area (Å²) < 4.78 is 13.1. The van der Waals surface area contributed by atoms with Crippen molar-refractivity contribution in [1.29, 1.82) is 0 Å². The molecule has 186 valence electrons. The molecule has 1 aromatic heterocycles. The van der Waals surface area contributed by atoms with Gasteiger partial charge >= 0.3 is 0 Å². The standard InChI is InChI=1S/C25H29ClN4O5/c1-17-4-3-5-19(14-17)16-35-24-27-22-21(30(24)15-18-6-8-20(26)9-7-18)23(32)29(25(33)28(22)2)10-12-34-13-11-31/h3-9,14,25,31,33H,10-13,15-16H2,1-2H3. The van der Waals surface area contributed by atoms with Crippen LogP contribution in [-0.4, -0.2) is 70.3 Å². The van der Waals surface area contributed by atoms with Gasteiger partial charge in [-0.25, -0.2) is 0 Å². The van der Waals surface area contributed by atoms with E-state index in [2.05, 4.69) is 4.98 Å². The number of rotatable bonds is 10. The maximum Gasteiger partial charge on any atom is 0.299 e. The van der Waals surface area contributed by atoms with Crippen LogP contribution >= 0.6 is 11.6 Å². The van der Waals surface area contributed by atoms with Crippen molar-refractivity contribution in [2.24, 2.45) is 0 Å². The van der Waals surface area contributed by atoms with Gasteiger partial charge in [-0.3, -0.25) is 14.3 Å². The molecule has 1 atom stereocenters. The van der Waals surface area contributed by atoms with Crippen molar-refractivity contribution in [1.82, 2.24) is 14.5 Å². The Morgan fingerprint density at radius 1 is 1.11 bits per heavy atom. The minimum atomic E-state index is -1.21. The number of carbonyl (C=O) groups excluding carboxylic acids is 1. The minimum absolute atomic E-state index is 0.115. The molecule has 10 heteroatoms. The number of halogens is 1. The molecular weight excluding hydrogens is 472 g/mol. The summed E-state index contributed by atoms with van der Waals surface area (Å²) in [5.74, 6) is -0.0479. The summed E-state index contributed by atoms with van der Waals surface area (Å²) in [6.45, 7) is 2.98. The highest BCUT2D eigenvalue weighted by atomic mass is 35.5. The van der Waals surface area contributed by atoms with E-state index in [-0.39, 0.29) is 44.9 Å². The molecule has 0 aliphatic carbocycles. The van der Waals surface area contributed by atoms with Gasteiger partial charge in [0.15, 0.2) is 11.5 Å². The fraction of sp³-hybridized carbons (Fsp3) is 0.360. The first kappa shape index (κ1) is 25.0. The number of aliphatic hydroxyl groups is 2. The quantitative estimate of drug-likeness (QED) is 0.413. The number of aromatic nitrogens is 2. The smallest absolute Gasteiger partial charge is 0.299 e. The van der Waals surface area contributed by atoms with Gasteiger partial charge in [-0.15, -0.1) is 0 Å². The zero-order valence-electron chi connectivity index (χ0n) is 19.7. The number of carbonyl (C=O) groups is 1. The van der Waals surface area contributed by atoms with Gasteiger partial charge in [0, 0.05) is 18.6 Å². The average Bonchev–Trinajstić information content (AvgIpc) is 3.20. The summed E-state index contributed by atoms with van der Waals surface area (Å²) in [6, 6.07) is 15.6. The van der Waals surface area contributed by atoms with Crippen LogP contribution in [0.25, 0.3) is 0 Å². The second kappa shape index (κ2) is 11.1. The Hall–Kier alpha value is -3.11. The first-order chi connectivity index (χ1) is 16.9. The van der Waals surface area contributed by atoms with Gasteiger partial charge in [-0.1, -0.05) is 53.6 Å². The van der Waals surface area contributed by atoms with Gasteiger partial charge in [-0.2, -0.15) is 4.98 Å². The van der Waals surface area contributed by atoms with E-state index < -0.39 is 6.35 Å². The molecule has 0 saturated heterocycles. The van der Waals surface area contributed by atoms with Crippen LogP contribution in [0.2, 0.25) is 5.02 Å². The summed E-state index contributed by atoms with van der Waals surface area (Å²) >= 11 is 6.05. The first-order valence-corrected chi connectivity index (χ1v) is 11.7. The SMILES string of the molecule is Cc1cccc(COc2nc3c(n2Cc2ccc(Cl)cc2)C(=O)N(CCOCCO)C(O)N3C)c1. The molecule has 1 amide bonds. The molecule has 0 bridgehead atoms. The Kier molecular flexibility index (Phi) is 7.92. The van der Waals surface area contributed by atoms with Gasteiger partial charge in [0.1, 0.15) is 6.61 Å². The highest BCUT2D eigenvalue weighted by Crippen LogP contribution is 2.33. The van der Waals surface area contributed by atoms with Gasteiger partial charge in [-0.05, 0) is 30.2 Å². The maximum absolute atomic E-state index is 13.5. The topological polar surface area (TPSA) is 100 Å². The minimum Gasteiger partial charge on any atom is -0.460 e. The molecule has 3 aromatic rings. The van der Waals surface area contributed by atoms with Crippen molar-refractivity contribution < 1.29 is 24.5 Å². The molecule has 4 rings (SSSR count). The summed E-state index contributed by atoms with van der Waals surface area (Å²) in [5, 5.41) is 20.3. The lowest BCUT2D eigenvalue weighted by Gasteiger charge is -2.38. The Morgan fingerprint density at radius 3 is 2.60 bits per heavy atom. The molecule has 0 spiro atoms. The van der Waals surface area contributed by atoms with Crippen molar-refractivity contribution in [2.45, 2.75) is 26.4 Å². The lowest BCUT2D eigenvalue weighted by atomic mass is 10.1. The molecule has 0 fully saturated rings. The number of benzene rings is 2. The van der Waals surface area contributed by atoms with E-state index in [4.69, 9.17) is 26.2 Å². The Morgan fingerprint density at radius 2 is 1.89 bits per heavy atom. The maximum atomic E-state index is 13.5. The van der Waals surface area contributed by atoms with E-state index in [1.54, 1.807) is 23.7 Å². The lowest BCUT2D eigenvalue weighted by molar-refractivity contribution is -0.0123. The number of hydrogen-bond donors (Lipinski definition) is 2. The Balaban J connectivity index is 1.68. The highest BCUT2D eigenvalue weighted by molar-refractivity contribution is 6.30. The van der Waals surface area contributed by atoms with Gasteiger partial charge in [0.25, 0.3) is 11.9 Å². The molecule has 2 heterocycles. The fourth-order valence-corrected chi connectivity index (χ4v) is 4.09. The van der Waals surface area contributed by atoms with Crippen molar-refractivity contribution in [3.05, 3.63) is 75.9 Å². The number of ether oxygens (including phenoxy) is 2. The molecule has 9 nitrogen and oxygen atoms in total. The number of fused-ring (bicyclic) bond motifs is 1. The number of aliphatic hydroxyl groups excluding tert-OH is 2. The summed E-state index contributed by atoms with van der Waals surface area (Å²) in [7, 11) is 1.67. The summed E-state index contributed by atoms with van der Waals surface area (Å²) in [4.78, 5) is 21.0. The third-order valence-corrected chi connectivity index (χ3v) is 6.01. The van der Waals surface area contributed by atoms with Crippen LogP contribution in [0.15, 0.2) is 48.5 Å². The molecule has 1 aliphatic rings. The largest absolute Gasteiger partial charge is 0.460 e. The van der Waals surface area contributed by atoms with Crippen molar-refractivity contribution >= 4 is 23.3 Å². The predicted octanol–water partition coefficient (Wildman–Crippen LogP) is 2.65. The number of hydrogen-bond acceptors (Lipinski definition) is 7. The Bertz CT molecular complexity index is 1170. The number of nitrogens with zero attached hydrogens (tertiary/aromatic N) is 4. The molecule has 2 aromatic carbocycles. The van der Waals surface area contributed by atoms with Crippen molar-refractivity contribution in [2.75, 3.05) is 38.3 Å². The first-order valence-electron chi connectivity index (χ1n) is 11.3. The van der Waals surface area contributed by atoms with Crippen LogP contribution < -0.4 is 9.64 Å². The zero-order chi connectivity index (χ0) is 24.9. The van der Waals surface area contributed by atoms with E-state index in [0.717, 1.165) is 16.7 Å². The van der Waals surface area contributed by atoms with Crippen molar-refractivity contribution in [3.8, 4) is 6.01 Å². The lowest BCUT2D eigenvalue weighted by Crippen LogP contribution is -2.55. The third-order valence-electron chi connectivity index (χ3n) is 5.75. The van der Waals surface area contributed by atoms with Gasteiger partial charge < -0.3 is 24.6 Å². The van der Waals surface area contributed by atoms with Crippen LogP contribution in [-0.2, 0) is 17.9 Å². The van der Waals surface area contributed by atoms with Gasteiger partial charge in [0.2, 0.25) is 6.35 Å². The second-order valence-electron chi connectivity index (χ2n) is 8.35. The number of aryl methyl sites for hydroxylation is 1. The summed E-state index contributed by atoms with van der Waals surface area (Å²) in [6.07, 6.45) is -1.21. The van der Waals surface area contributed by atoms with E-state index >= 15 is 0 Å². The van der Waals surface area contributed by atoms with Gasteiger partial charge in [0.05, 0.1) is 26.4 Å². The number of anilines is 1. The average molecular weight is 501 g/mol. The monoisotopic (exact) mass is 500 g/mol. The van der Waals surface area contributed by atoms with E-state index in [1.165, 1.54) is 9.80 Å². The highest BCUT2D eigenvalue weighted by Gasteiger charge is 2.40. The molecule has 1 aliphatic heterocycles. The molecule has 0 radical (unpaired) electrons. The molecule has 35 heavy (non-hydrogen) atoms. The van der Waals surface area contributed by atoms with Crippen LogP contribution in [0.1, 0.15) is 27.2 Å². The van der Waals surface area contributed by atoms with E-state index in [0.29, 0.717) is 23.1 Å². The van der Waals surface area contributed by atoms with Crippen LogP contribution in [0.3, 0.4) is 0 Å². The van der Waals surface area contributed by atoms with Crippen molar-refractivity contribution in [3.63, 3.8) is 0 Å². The number of amides is 1. The van der Waals surface area contributed by atoms with E-state index in [1.807, 2.05) is 43.3 Å². The second-order valence-corrected chi connectivity index (χ2v) is 8.79. The fourth-order valence-electron chi connectivity index (χ4n) is 3.96. The zero-order valence-corrected chi connectivity index (χ0v) is 20.5. The third kappa shape index (κ3) is 5.59. The molecule has 2 N–H and O–H groups in total. The normalized spacial score (nSPS) is 15.5. The predicted molar refractivity (Wildman–Crippen MR) is 132 cm³/mol. The number of imidazole rings is 1. The molecular formula is C25H29ClN4O5. The van der Waals surface area contributed by atoms with Crippen LogP contribution in [0.5, 0.6) is 6.01 Å². The Labute approximate surface area is 209 Å². The van der Waals surface area contributed by atoms with Crippen LogP contribution in [0, 0.1) is 6.92 Å². The molecule has 0 saturated carbocycles. The van der Waals surface area contributed by atoms with E-state index in [9.17, 15) is 9.90 Å².